The zero-order chi connectivity index (χ0) is 20.0. The van der Waals surface area contributed by atoms with E-state index < -0.39 is 0 Å². The molecule has 0 amide bonds. The van der Waals surface area contributed by atoms with Gasteiger partial charge in [-0.05, 0) is 92.4 Å². The molecule has 0 spiro atoms. The molecule has 0 saturated heterocycles. The fourth-order valence-electron chi connectivity index (χ4n) is 4.34. The average molecular weight is 366 g/mol. The van der Waals surface area contributed by atoms with E-state index in [1.54, 1.807) is 0 Å². The normalized spacial score (nSPS) is 11.2. The van der Waals surface area contributed by atoms with Crippen LogP contribution in [0.4, 0.5) is 0 Å². The molecule has 0 aliphatic carbocycles. The molecule has 3 aromatic carbocycles. The van der Waals surface area contributed by atoms with Crippen molar-refractivity contribution in [3.63, 3.8) is 0 Å². The van der Waals surface area contributed by atoms with E-state index in [0.29, 0.717) is 0 Å². The van der Waals surface area contributed by atoms with Crippen LogP contribution in [0.3, 0.4) is 0 Å². The molecule has 0 unspecified atom stereocenters. The van der Waals surface area contributed by atoms with Crippen molar-refractivity contribution < 1.29 is 0 Å². The van der Waals surface area contributed by atoms with Crippen molar-refractivity contribution in [1.29, 1.82) is 0 Å². The summed E-state index contributed by atoms with van der Waals surface area (Å²) in [7, 11) is 0. The Kier molecular flexibility index (Phi) is 4.55. The number of hydrogen-bond donors (Lipinski definition) is 0. The summed E-state index contributed by atoms with van der Waals surface area (Å²) in [5, 5.41) is 2.50. The van der Waals surface area contributed by atoms with Gasteiger partial charge in [0.05, 0.1) is 5.69 Å². The van der Waals surface area contributed by atoms with Crippen LogP contribution in [0.15, 0.2) is 54.7 Å². The molecule has 4 aromatic rings. The van der Waals surface area contributed by atoms with E-state index in [1.165, 1.54) is 60.8 Å². The molecule has 1 nitrogen and oxygen atoms in total. The summed E-state index contributed by atoms with van der Waals surface area (Å²) in [4.78, 5) is 4.85. The monoisotopic (exact) mass is 365 g/mol. The van der Waals surface area contributed by atoms with E-state index in [0.717, 1.165) is 5.69 Å². The predicted molar refractivity (Wildman–Crippen MR) is 121 cm³/mol. The molecule has 0 bridgehead atoms. The molecule has 0 aliphatic heterocycles. The van der Waals surface area contributed by atoms with Crippen LogP contribution < -0.4 is 0 Å². The Labute approximate surface area is 168 Å². The number of pyridine rings is 1. The third kappa shape index (κ3) is 3.01. The van der Waals surface area contributed by atoms with Crippen molar-refractivity contribution >= 4 is 10.8 Å². The van der Waals surface area contributed by atoms with Gasteiger partial charge in [-0.1, -0.05) is 47.5 Å². The van der Waals surface area contributed by atoms with Crippen LogP contribution in [-0.4, -0.2) is 4.98 Å². The first-order valence-corrected chi connectivity index (χ1v) is 9.91. The Hall–Kier alpha value is -2.93. The highest BCUT2D eigenvalue weighted by Gasteiger charge is 2.15. The summed E-state index contributed by atoms with van der Waals surface area (Å²) in [5.41, 5.74) is 12.7. The minimum absolute atomic E-state index is 1.09. The topological polar surface area (TPSA) is 12.9 Å². The van der Waals surface area contributed by atoms with Gasteiger partial charge < -0.3 is 0 Å². The number of benzene rings is 3. The van der Waals surface area contributed by atoms with Crippen molar-refractivity contribution in [1.82, 2.24) is 4.98 Å². The summed E-state index contributed by atoms with van der Waals surface area (Å²) in [6.07, 6.45) is 1.94. The van der Waals surface area contributed by atoms with Crippen molar-refractivity contribution in [2.24, 2.45) is 0 Å². The molecule has 0 saturated carbocycles. The highest BCUT2D eigenvalue weighted by molar-refractivity contribution is 6.01. The summed E-state index contributed by atoms with van der Waals surface area (Å²) in [6.45, 7) is 13.1. The van der Waals surface area contributed by atoms with Gasteiger partial charge in [-0.15, -0.1) is 0 Å². The second-order valence-corrected chi connectivity index (χ2v) is 8.07. The van der Waals surface area contributed by atoms with Gasteiger partial charge in [0.15, 0.2) is 0 Å². The highest BCUT2D eigenvalue weighted by atomic mass is 14.7. The number of fused-ring (bicyclic) bond motifs is 1. The van der Waals surface area contributed by atoms with Crippen molar-refractivity contribution in [3.05, 3.63) is 88.1 Å². The van der Waals surface area contributed by atoms with Crippen LogP contribution in [0.2, 0.25) is 0 Å². The van der Waals surface area contributed by atoms with Crippen molar-refractivity contribution in [3.8, 4) is 22.4 Å². The molecule has 1 aromatic heterocycles. The number of rotatable bonds is 2. The van der Waals surface area contributed by atoms with Gasteiger partial charge in [-0.3, -0.25) is 4.98 Å². The Morgan fingerprint density at radius 3 is 2.04 bits per heavy atom. The molecule has 0 fully saturated rings. The van der Waals surface area contributed by atoms with Crippen LogP contribution >= 0.6 is 0 Å². The van der Waals surface area contributed by atoms with E-state index in [9.17, 15) is 0 Å². The quantitative estimate of drug-likeness (QED) is 0.360. The van der Waals surface area contributed by atoms with Gasteiger partial charge in [-0.25, -0.2) is 0 Å². The lowest BCUT2D eigenvalue weighted by atomic mass is 9.89. The number of aryl methyl sites for hydroxylation is 5. The lowest BCUT2D eigenvalue weighted by Crippen LogP contribution is -1.96. The Bertz CT molecular complexity index is 1210. The maximum absolute atomic E-state index is 4.85. The van der Waals surface area contributed by atoms with Crippen LogP contribution in [0.25, 0.3) is 33.2 Å². The van der Waals surface area contributed by atoms with Crippen LogP contribution in [0, 0.1) is 41.5 Å². The third-order valence-corrected chi connectivity index (χ3v) is 5.93. The second kappa shape index (κ2) is 6.91. The maximum Gasteiger partial charge on any atom is 0.0786 e. The van der Waals surface area contributed by atoms with Gasteiger partial charge in [0.1, 0.15) is 0 Å². The molecule has 28 heavy (non-hydrogen) atoms. The van der Waals surface area contributed by atoms with E-state index in [1.807, 2.05) is 6.20 Å². The summed E-state index contributed by atoms with van der Waals surface area (Å²) in [6, 6.07) is 17.8. The van der Waals surface area contributed by atoms with Gasteiger partial charge in [0.2, 0.25) is 0 Å². The molecule has 1 heterocycles. The first kappa shape index (κ1) is 18.4. The predicted octanol–water partition coefficient (Wildman–Crippen LogP) is 7.42. The van der Waals surface area contributed by atoms with E-state index in [-0.39, 0.29) is 0 Å². The summed E-state index contributed by atoms with van der Waals surface area (Å²) >= 11 is 0. The fraction of sp³-hybridized carbons (Fsp3) is 0.222. The molecule has 4 rings (SSSR count). The standard InChI is InChI=1S/C27H27N/c1-16-7-9-23(19(4)13-16)24-10-8-22-11-12-28-27(26(22)21(24)6)25-15-17(2)14-18(3)20(25)5/h7-15H,1-6H3. The molecule has 140 valence electrons. The first-order valence-electron chi connectivity index (χ1n) is 9.91. The average Bonchev–Trinajstić information content (AvgIpc) is 2.65. The summed E-state index contributed by atoms with van der Waals surface area (Å²) < 4.78 is 0. The Balaban J connectivity index is 2.05. The smallest absolute Gasteiger partial charge is 0.0786 e. The molecular formula is C27H27N. The molecule has 0 N–H and O–H groups in total. The number of aromatic nitrogens is 1. The highest BCUT2D eigenvalue weighted by Crippen LogP contribution is 2.37. The fourth-order valence-corrected chi connectivity index (χ4v) is 4.34. The van der Waals surface area contributed by atoms with Crippen LogP contribution in [0.5, 0.6) is 0 Å². The molecular weight excluding hydrogens is 338 g/mol. The maximum atomic E-state index is 4.85. The van der Waals surface area contributed by atoms with Crippen molar-refractivity contribution in [2.75, 3.05) is 0 Å². The van der Waals surface area contributed by atoms with Crippen molar-refractivity contribution in [2.45, 2.75) is 41.5 Å². The minimum atomic E-state index is 1.09. The lowest BCUT2D eigenvalue weighted by Gasteiger charge is -2.17. The minimum Gasteiger partial charge on any atom is -0.256 e. The van der Waals surface area contributed by atoms with E-state index in [2.05, 4.69) is 90.1 Å². The Morgan fingerprint density at radius 1 is 0.571 bits per heavy atom. The largest absolute Gasteiger partial charge is 0.256 e. The number of hydrogen-bond acceptors (Lipinski definition) is 1. The number of nitrogens with zero attached hydrogens (tertiary/aromatic N) is 1. The zero-order valence-electron chi connectivity index (χ0n) is 17.6. The molecule has 0 aliphatic rings. The third-order valence-electron chi connectivity index (χ3n) is 5.93. The second-order valence-electron chi connectivity index (χ2n) is 8.07. The van der Waals surface area contributed by atoms with Gasteiger partial charge in [0.25, 0.3) is 0 Å². The lowest BCUT2D eigenvalue weighted by molar-refractivity contribution is 1.27. The van der Waals surface area contributed by atoms with Gasteiger partial charge in [-0.2, -0.15) is 0 Å². The van der Waals surface area contributed by atoms with Gasteiger partial charge in [0, 0.05) is 17.1 Å². The molecule has 1 heteroatoms. The van der Waals surface area contributed by atoms with Gasteiger partial charge >= 0.3 is 0 Å². The van der Waals surface area contributed by atoms with Crippen LogP contribution in [-0.2, 0) is 0 Å². The SMILES string of the molecule is Cc1ccc(-c2ccc3ccnc(-c4cc(C)cc(C)c4C)c3c2C)c(C)c1. The van der Waals surface area contributed by atoms with Crippen LogP contribution in [0.1, 0.15) is 33.4 Å². The first-order chi connectivity index (χ1) is 13.4. The zero-order valence-corrected chi connectivity index (χ0v) is 17.6. The van der Waals surface area contributed by atoms with E-state index in [4.69, 9.17) is 4.98 Å². The Morgan fingerprint density at radius 2 is 1.29 bits per heavy atom. The molecule has 0 atom stereocenters. The van der Waals surface area contributed by atoms with E-state index >= 15 is 0 Å². The summed E-state index contributed by atoms with van der Waals surface area (Å²) in [5.74, 6) is 0. The molecule has 0 radical (unpaired) electrons.